The number of rotatable bonds is 6. The Bertz CT molecular complexity index is 269. The molecule has 0 bridgehead atoms. The van der Waals surface area contributed by atoms with E-state index in [1.54, 1.807) is 0 Å². The summed E-state index contributed by atoms with van der Waals surface area (Å²) in [6.07, 6.45) is -9.99. The van der Waals surface area contributed by atoms with Gasteiger partial charge in [-0.3, -0.25) is 4.79 Å². The fourth-order valence-corrected chi connectivity index (χ4v) is 1.50. The highest BCUT2D eigenvalue weighted by Crippen LogP contribution is 2.43. The quantitative estimate of drug-likeness (QED) is 0.695. The van der Waals surface area contributed by atoms with Crippen LogP contribution in [0.4, 0.5) is 30.7 Å². The van der Waals surface area contributed by atoms with Crippen LogP contribution in [0.5, 0.6) is 0 Å². The zero-order valence-corrected chi connectivity index (χ0v) is 9.35. The molecule has 0 fully saturated rings. The predicted octanol–water partition coefficient (Wildman–Crippen LogP) is 3.53. The van der Waals surface area contributed by atoms with Crippen molar-refractivity contribution in [3.63, 3.8) is 0 Å². The summed E-state index contributed by atoms with van der Waals surface area (Å²) in [5.74, 6) is -11.1. The molecule has 0 spiro atoms. The molecule has 0 aromatic heterocycles. The van der Waals surface area contributed by atoms with Crippen LogP contribution in [0.15, 0.2) is 0 Å². The van der Waals surface area contributed by atoms with Crippen molar-refractivity contribution in [2.75, 3.05) is 5.75 Å². The fraction of sp³-hybridized carbons (Fsp3) is 0.875. The largest absolute Gasteiger partial charge is 0.346 e. The summed E-state index contributed by atoms with van der Waals surface area (Å²) in [5.41, 5.74) is 0. The molecule has 0 heterocycles. The molecule has 0 saturated carbocycles. The predicted molar refractivity (Wildman–Crippen MR) is 48.6 cm³/mol. The highest BCUT2D eigenvalue weighted by atomic mass is 32.2. The standard InChI is InChI=1S/C8H9F7OS/c1-4(16)17-3-2-7(12,13)8(14,15)5(9)6(10)11/h5-6H,2-3H2,1H3. The first-order valence-electron chi connectivity index (χ1n) is 4.33. The molecule has 0 radical (unpaired) electrons. The van der Waals surface area contributed by atoms with Gasteiger partial charge in [-0.25, -0.2) is 13.2 Å². The lowest BCUT2D eigenvalue weighted by Crippen LogP contribution is -2.50. The van der Waals surface area contributed by atoms with Gasteiger partial charge in [0.2, 0.25) is 6.17 Å². The lowest BCUT2D eigenvalue weighted by Gasteiger charge is -2.28. The van der Waals surface area contributed by atoms with Gasteiger partial charge in [-0.1, -0.05) is 11.8 Å². The summed E-state index contributed by atoms with van der Waals surface area (Å²) < 4.78 is 86.6. The van der Waals surface area contributed by atoms with Gasteiger partial charge in [0.25, 0.3) is 6.43 Å². The minimum Gasteiger partial charge on any atom is -0.288 e. The molecule has 0 amide bonds. The van der Waals surface area contributed by atoms with E-state index in [1.165, 1.54) is 0 Å². The third-order valence-corrected chi connectivity index (χ3v) is 2.59. The maximum Gasteiger partial charge on any atom is 0.346 e. The minimum absolute atomic E-state index is 0.332. The van der Waals surface area contributed by atoms with Gasteiger partial charge in [0.1, 0.15) is 0 Å². The maximum atomic E-state index is 12.8. The molecule has 0 rings (SSSR count). The summed E-state index contributed by atoms with van der Waals surface area (Å²) in [6.45, 7) is 1.03. The molecule has 0 aliphatic heterocycles. The van der Waals surface area contributed by atoms with Crippen LogP contribution in [0.2, 0.25) is 0 Å². The van der Waals surface area contributed by atoms with E-state index in [2.05, 4.69) is 0 Å². The van der Waals surface area contributed by atoms with Gasteiger partial charge >= 0.3 is 11.8 Å². The summed E-state index contributed by atoms with van der Waals surface area (Å²) in [4.78, 5) is 10.4. The molecule has 17 heavy (non-hydrogen) atoms. The number of hydrogen-bond donors (Lipinski definition) is 0. The fourth-order valence-electron chi connectivity index (χ4n) is 0.850. The Morgan fingerprint density at radius 2 is 1.65 bits per heavy atom. The third-order valence-electron chi connectivity index (χ3n) is 1.78. The Hall–Kier alpha value is -0.470. The Labute approximate surface area is 96.7 Å². The van der Waals surface area contributed by atoms with Crippen LogP contribution in [0.3, 0.4) is 0 Å². The SMILES string of the molecule is CC(=O)SCCC(F)(F)C(F)(F)C(F)C(F)F. The third kappa shape index (κ3) is 4.36. The monoisotopic (exact) mass is 286 g/mol. The van der Waals surface area contributed by atoms with Crippen molar-refractivity contribution in [1.82, 2.24) is 0 Å². The zero-order chi connectivity index (χ0) is 13.9. The van der Waals surface area contributed by atoms with Gasteiger partial charge in [-0.05, 0) is 0 Å². The second kappa shape index (κ2) is 5.92. The average molecular weight is 286 g/mol. The van der Waals surface area contributed by atoms with Gasteiger partial charge in [-0.2, -0.15) is 17.6 Å². The Morgan fingerprint density at radius 1 is 1.18 bits per heavy atom. The van der Waals surface area contributed by atoms with E-state index in [4.69, 9.17) is 0 Å². The lowest BCUT2D eigenvalue weighted by atomic mass is 10.0. The van der Waals surface area contributed by atoms with E-state index in [1.807, 2.05) is 0 Å². The van der Waals surface area contributed by atoms with Crippen molar-refractivity contribution in [2.45, 2.75) is 37.8 Å². The summed E-state index contributed by atoms with van der Waals surface area (Å²) in [7, 11) is 0. The molecule has 0 aliphatic rings. The van der Waals surface area contributed by atoms with Crippen LogP contribution >= 0.6 is 11.8 Å². The highest BCUT2D eigenvalue weighted by molar-refractivity contribution is 8.13. The van der Waals surface area contributed by atoms with Crippen LogP contribution in [-0.2, 0) is 4.79 Å². The van der Waals surface area contributed by atoms with Crippen molar-refractivity contribution in [3.05, 3.63) is 0 Å². The van der Waals surface area contributed by atoms with Gasteiger partial charge in [0.15, 0.2) is 5.12 Å². The van der Waals surface area contributed by atoms with Crippen LogP contribution in [0.1, 0.15) is 13.3 Å². The Balaban J connectivity index is 4.60. The van der Waals surface area contributed by atoms with Crippen molar-refractivity contribution in [3.8, 4) is 0 Å². The number of carbonyl (C=O) groups excluding carboxylic acids is 1. The summed E-state index contributed by atoms with van der Waals surface area (Å²) in [6, 6.07) is 0. The van der Waals surface area contributed by atoms with E-state index >= 15 is 0 Å². The minimum atomic E-state index is -5.46. The molecule has 0 N–H and O–H groups in total. The van der Waals surface area contributed by atoms with Crippen molar-refractivity contribution in [2.24, 2.45) is 0 Å². The molecule has 1 atom stereocenters. The molecule has 102 valence electrons. The maximum absolute atomic E-state index is 12.8. The topological polar surface area (TPSA) is 17.1 Å². The molecule has 1 unspecified atom stereocenters. The van der Waals surface area contributed by atoms with E-state index in [0.29, 0.717) is 11.8 Å². The molecular formula is C8H9F7OS. The molecule has 1 nitrogen and oxygen atoms in total. The van der Waals surface area contributed by atoms with Crippen molar-refractivity contribution < 1.29 is 35.5 Å². The van der Waals surface area contributed by atoms with E-state index in [9.17, 15) is 35.5 Å². The van der Waals surface area contributed by atoms with Gasteiger partial charge in [0.05, 0.1) is 0 Å². The van der Waals surface area contributed by atoms with Crippen LogP contribution in [-0.4, -0.2) is 35.3 Å². The van der Waals surface area contributed by atoms with Gasteiger partial charge in [-0.15, -0.1) is 0 Å². The number of thioether (sulfide) groups is 1. The molecule has 0 aromatic carbocycles. The summed E-state index contributed by atoms with van der Waals surface area (Å²) >= 11 is 0.332. The molecule has 0 aromatic rings. The second-order valence-corrected chi connectivity index (χ2v) is 4.43. The van der Waals surface area contributed by atoms with Gasteiger partial charge in [0, 0.05) is 19.1 Å². The number of hydrogen-bond acceptors (Lipinski definition) is 2. The first-order chi connectivity index (χ1) is 7.52. The van der Waals surface area contributed by atoms with Crippen molar-refractivity contribution in [1.29, 1.82) is 0 Å². The summed E-state index contributed by atoms with van der Waals surface area (Å²) in [5, 5.41) is -0.588. The number of carbonyl (C=O) groups is 1. The normalized spacial score (nSPS) is 15.1. The second-order valence-electron chi connectivity index (χ2n) is 3.15. The van der Waals surface area contributed by atoms with Gasteiger partial charge < -0.3 is 0 Å². The first-order valence-corrected chi connectivity index (χ1v) is 5.32. The van der Waals surface area contributed by atoms with E-state index < -0.39 is 41.7 Å². The molecular weight excluding hydrogens is 277 g/mol. The molecule has 0 aliphatic carbocycles. The van der Waals surface area contributed by atoms with E-state index in [0.717, 1.165) is 6.92 Å². The highest BCUT2D eigenvalue weighted by Gasteiger charge is 2.63. The number of alkyl halides is 7. The Kier molecular flexibility index (Phi) is 5.76. The van der Waals surface area contributed by atoms with Crippen molar-refractivity contribution >= 4 is 16.9 Å². The Morgan fingerprint density at radius 3 is 2.00 bits per heavy atom. The zero-order valence-electron chi connectivity index (χ0n) is 8.53. The van der Waals surface area contributed by atoms with E-state index in [-0.39, 0.29) is 0 Å². The lowest BCUT2D eigenvalue weighted by molar-refractivity contribution is -0.257. The van der Waals surface area contributed by atoms with Crippen LogP contribution < -0.4 is 0 Å². The van der Waals surface area contributed by atoms with Crippen LogP contribution in [0.25, 0.3) is 0 Å². The van der Waals surface area contributed by atoms with Crippen LogP contribution in [0, 0.1) is 0 Å². The molecule has 0 saturated heterocycles. The number of halogens is 7. The smallest absolute Gasteiger partial charge is 0.288 e. The average Bonchev–Trinajstić information content (AvgIpc) is 2.14. The first kappa shape index (κ1) is 16.5. The molecule has 9 heteroatoms.